The van der Waals surface area contributed by atoms with E-state index < -0.39 is 0 Å². The summed E-state index contributed by atoms with van der Waals surface area (Å²) in [5.74, 6) is 0.0754. The molecule has 1 amide bonds. The first-order valence-corrected chi connectivity index (χ1v) is 6.54. The molecule has 0 heterocycles. The Bertz CT molecular complexity index is 317. The van der Waals surface area contributed by atoms with Crippen LogP contribution in [0.4, 0.5) is 5.69 Å². The molecule has 0 unspecified atom stereocenters. The van der Waals surface area contributed by atoms with E-state index in [1.807, 2.05) is 24.3 Å². The zero-order valence-electron chi connectivity index (χ0n) is 7.59. The van der Waals surface area contributed by atoms with Crippen molar-refractivity contribution in [2.24, 2.45) is 0 Å². The van der Waals surface area contributed by atoms with Gasteiger partial charge in [0, 0.05) is 21.0 Å². The molecule has 76 valence electrons. The van der Waals surface area contributed by atoms with E-state index in [1.54, 1.807) is 0 Å². The normalized spacial score (nSPS) is 9.86. The van der Waals surface area contributed by atoms with Crippen LogP contribution in [0.5, 0.6) is 0 Å². The van der Waals surface area contributed by atoms with Gasteiger partial charge >= 0.3 is 0 Å². The first-order chi connectivity index (χ1) is 6.72. The molecule has 1 aromatic carbocycles. The van der Waals surface area contributed by atoms with Crippen LogP contribution in [0.15, 0.2) is 24.3 Å². The van der Waals surface area contributed by atoms with Gasteiger partial charge in [0.1, 0.15) is 0 Å². The molecule has 2 nitrogen and oxygen atoms in total. The molecule has 0 aliphatic carbocycles. The van der Waals surface area contributed by atoms with E-state index in [0.29, 0.717) is 6.42 Å². The number of alkyl halides is 1. The molecule has 0 aliphatic rings. The van der Waals surface area contributed by atoms with Crippen LogP contribution in [0.3, 0.4) is 0 Å². The third-order valence-electron chi connectivity index (χ3n) is 1.65. The molecule has 0 bridgehead atoms. The molecular formula is C10H11BrINO. The second kappa shape index (κ2) is 6.40. The van der Waals surface area contributed by atoms with Gasteiger partial charge in [-0.1, -0.05) is 22.0 Å². The first kappa shape index (κ1) is 12.0. The van der Waals surface area contributed by atoms with Crippen molar-refractivity contribution in [2.75, 3.05) is 10.6 Å². The van der Waals surface area contributed by atoms with Crippen molar-refractivity contribution >= 4 is 50.1 Å². The lowest BCUT2D eigenvalue weighted by atomic mass is 10.3. The zero-order chi connectivity index (χ0) is 10.4. The summed E-state index contributed by atoms with van der Waals surface area (Å²) >= 11 is 5.52. The number of benzene rings is 1. The number of hydrogen-bond acceptors (Lipinski definition) is 1. The van der Waals surface area contributed by atoms with Gasteiger partial charge in [-0.15, -0.1) is 0 Å². The third-order valence-corrected chi connectivity index (χ3v) is 2.88. The van der Waals surface area contributed by atoms with Gasteiger partial charge < -0.3 is 5.32 Å². The van der Waals surface area contributed by atoms with Crippen LogP contribution in [0.1, 0.15) is 12.8 Å². The minimum Gasteiger partial charge on any atom is -0.326 e. The second-order valence-electron chi connectivity index (χ2n) is 2.85. The Kier molecular flexibility index (Phi) is 5.47. The lowest BCUT2D eigenvalue weighted by Gasteiger charge is -2.04. The molecule has 1 rings (SSSR count). The number of carbonyl (C=O) groups is 1. The topological polar surface area (TPSA) is 29.1 Å². The average molecular weight is 368 g/mol. The highest BCUT2D eigenvalue weighted by Gasteiger charge is 2.01. The van der Waals surface area contributed by atoms with Crippen molar-refractivity contribution < 1.29 is 4.79 Å². The highest BCUT2D eigenvalue weighted by Crippen LogP contribution is 2.12. The lowest BCUT2D eigenvalue weighted by molar-refractivity contribution is -0.116. The maximum atomic E-state index is 11.3. The third kappa shape index (κ3) is 4.41. The molecule has 4 heteroatoms. The number of halogens is 2. The summed E-state index contributed by atoms with van der Waals surface area (Å²) in [5, 5.41) is 3.72. The van der Waals surface area contributed by atoms with Gasteiger partial charge in [0.15, 0.2) is 0 Å². The van der Waals surface area contributed by atoms with E-state index in [9.17, 15) is 4.79 Å². The summed E-state index contributed by atoms with van der Waals surface area (Å²) in [6, 6.07) is 7.78. The Balaban J connectivity index is 2.47. The van der Waals surface area contributed by atoms with E-state index in [-0.39, 0.29) is 5.91 Å². The van der Waals surface area contributed by atoms with Crippen LogP contribution < -0.4 is 5.32 Å². The van der Waals surface area contributed by atoms with E-state index in [1.165, 1.54) is 0 Å². The average Bonchev–Trinajstić information content (AvgIpc) is 2.15. The molecule has 0 spiro atoms. The second-order valence-corrected chi connectivity index (χ2v) is 4.89. The lowest BCUT2D eigenvalue weighted by Crippen LogP contribution is -2.11. The Morgan fingerprint density at radius 2 is 2.29 bits per heavy atom. The number of carbonyl (C=O) groups excluding carboxylic acids is 1. The molecule has 0 aromatic heterocycles. The van der Waals surface area contributed by atoms with Crippen LogP contribution >= 0.6 is 38.5 Å². The van der Waals surface area contributed by atoms with Crippen LogP contribution in [0.2, 0.25) is 0 Å². The number of amides is 1. The monoisotopic (exact) mass is 367 g/mol. The fourth-order valence-electron chi connectivity index (χ4n) is 1.02. The van der Waals surface area contributed by atoms with Crippen molar-refractivity contribution in [3.8, 4) is 0 Å². The summed E-state index contributed by atoms with van der Waals surface area (Å²) in [4.78, 5) is 11.3. The largest absolute Gasteiger partial charge is 0.326 e. The number of hydrogen-bond donors (Lipinski definition) is 1. The summed E-state index contributed by atoms with van der Waals surface area (Å²) < 4.78 is 1.13. The fraction of sp³-hybridized carbons (Fsp3) is 0.300. The predicted molar refractivity (Wildman–Crippen MR) is 70.8 cm³/mol. The maximum absolute atomic E-state index is 11.3. The Labute approximate surface area is 106 Å². The van der Waals surface area contributed by atoms with Crippen LogP contribution in [-0.2, 0) is 4.79 Å². The highest BCUT2D eigenvalue weighted by atomic mass is 127. The van der Waals surface area contributed by atoms with E-state index in [4.69, 9.17) is 0 Å². The SMILES string of the molecule is O=C(CCCBr)Nc1cccc(I)c1. The fourth-order valence-corrected chi connectivity index (χ4v) is 1.84. The quantitative estimate of drug-likeness (QED) is 0.641. The zero-order valence-corrected chi connectivity index (χ0v) is 11.3. The smallest absolute Gasteiger partial charge is 0.224 e. The summed E-state index contributed by atoms with van der Waals surface area (Å²) in [6.45, 7) is 0. The highest BCUT2D eigenvalue weighted by molar-refractivity contribution is 14.1. The number of rotatable bonds is 4. The van der Waals surface area contributed by atoms with Gasteiger partial charge in [0.2, 0.25) is 5.91 Å². The van der Waals surface area contributed by atoms with Crippen LogP contribution in [0, 0.1) is 3.57 Å². The van der Waals surface area contributed by atoms with Crippen molar-refractivity contribution in [2.45, 2.75) is 12.8 Å². The molecule has 1 aromatic rings. The van der Waals surface area contributed by atoms with Crippen molar-refractivity contribution in [1.29, 1.82) is 0 Å². The van der Waals surface area contributed by atoms with Gasteiger partial charge in [-0.3, -0.25) is 4.79 Å². The molecule has 1 N–H and O–H groups in total. The Morgan fingerprint density at radius 3 is 2.93 bits per heavy atom. The van der Waals surface area contributed by atoms with Gasteiger partial charge in [-0.05, 0) is 47.2 Å². The number of anilines is 1. The summed E-state index contributed by atoms with van der Waals surface area (Å²) in [6.07, 6.45) is 1.44. The van der Waals surface area contributed by atoms with Gasteiger partial charge in [-0.25, -0.2) is 0 Å². The summed E-state index contributed by atoms with van der Waals surface area (Å²) in [5.41, 5.74) is 0.872. The predicted octanol–water partition coefficient (Wildman–Crippen LogP) is 3.40. The van der Waals surface area contributed by atoms with Crippen LogP contribution in [-0.4, -0.2) is 11.2 Å². The van der Waals surface area contributed by atoms with Crippen molar-refractivity contribution in [1.82, 2.24) is 0 Å². The van der Waals surface area contributed by atoms with Crippen molar-refractivity contribution in [3.63, 3.8) is 0 Å². The van der Waals surface area contributed by atoms with Gasteiger partial charge in [0.05, 0.1) is 0 Å². The van der Waals surface area contributed by atoms with Gasteiger partial charge in [0.25, 0.3) is 0 Å². The van der Waals surface area contributed by atoms with E-state index in [0.717, 1.165) is 21.0 Å². The van der Waals surface area contributed by atoms with Crippen molar-refractivity contribution in [3.05, 3.63) is 27.8 Å². The maximum Gasteiger partial charge on any atom is 0.224 e. The van der Waals surface area contributed by atoms with Gasteiger partial charge in [-0.2, -0.15) is 0 Å². The molecule has 0 fully saturated rings. The first-order valence-electron chi connectivity index (χ1n) is 4.34. The molecular weight excluding hydrogens is 357 g/mol. The molecule has 0 aliphatic heterocycles. The molecule has 14 heavy (non-hydrogen) atoms. The Morgan fingerprint density at radius 1 is 1.50 bits per heavy atom. The van der Waals surface area contributed by atoms with Crippen LogP contribution in [0.25, 0.3) is 0 Å². The van der Waals surface area contributed by atoms with E-state index in [2.05, 4.69) is 43.8 Å². The Hall–Kier alpha value is -0.100. The minimum absolute atomic E-state index is 0.0754. The number of nitrogens with one attached hydrogen (secondary N) is 1. The molecule has 0 saturated heterocycles. The van der Waals surface area contributed by atoms with E-state index >= 15 is 0 Å². The minimum atomic E-state index is 0.0754. The summed E-state index contributed by atoms with van der Waals surface area (Å²) in [7, 11) is 0. The molecule has 0 radical (unpaired) electrons. The molecule has 0 saturated carbocycles. The molecule has 0 atom stereocenters. The standard InChI is InChI=1S/C10H11BrINO/c11-6-2-5-10(14)13-9-4-1-3-8(12)7-9/h1,3-4,7H,2,5-6H2,(H,13,14).